The summed E-state index contributed by atoms with van der Waals surface area (Å²) in [5.74, 6) is -1.07. The summed E-state index contributed by atoms with van der Waals surface area (Å²) in [6.07, 6.45) is 0.0166. The first-order chi connectivity index (χ1) is 8.56. The topological polar surface area (TPSA) is 83.0 Å². The van der Waals surface area contributed by atoms with Gasteiger partial charge >= 0.3 is 5.97 Å². The Hall–Kier alpha value is -1.82. The summed E-state index contributed by atoms with van der Waals surface area (Å²) < 4.78 is 0. The van der Waals surface area contributed by atoms with Crippen molar-refractivity contribution in [2.45, 2.75) is 12.8 Å². The molecule has 1 aromatic heterocycles. The smallest absolute Gasteiger partial charge is 0.304 e. The van der Waals surface area contributed by atoms with Crippen LogP contribution >= 0.6 is 12.6 Å². The molecule has 0 aliphatic carbocycles. The fourth-order valence-corrected chi connectivity index (χ4v) is 1.98. The molecule has 0 bridgehead atoms. The van der Waals surface area contributed by atoms with Crippen molar-refractivity contribution < 1.29 is 14.7 Å². The number of hydrogen-bond donors (Lipinski definition) is 3. The van der Waals surface area contributed by atoms with Crippen molar-refractivity contribution >= 4 is 34.7 Å². The first-order valence-electron chi connectivity index (χ1n) is 5.44. The molecule has 6 heteroatoms. The van der Waals surface area contributed by atoms with Crippen LogP contribution in [0.25, 0.3) is 11.0 Å². The van der Waals surface area contributed by atoms with Crippen LogP contribution < -0.4 is 0 Å². The fourth-order valence-electron chi connectivity index (χ4n) is 1.79. The highest BCUT2D eigenvalue weighted by molar-refractivity contribution is 7.96. The second-order valence-corrected chi connectivity index (χ2v) is 4.48. The van der Waals surface area contributed by atoms with Gasteiger partial charge in [0.2, 0.25) is 0 Å². The van der Waals surface area contributed by atoms with Crippen LogP contribution in [0.1, 0.15) is 12.2 Å². The zero-order chi connectivity index (χ0) is 13.1. The number of thiol groups is 1. The van der Waals surface area contributed by atoms with Crippen LogP contribution in [0.2, 0.25) is 0 Å². The van der Waals surface area contributed by atoms with Crippen LogP contribution in [-0.2, 0) is 16.0 Å². The van der Waals surface area contributed by atoms with Crippen LogP contribution in [0.15, 0.2) is 24.3 Å². The minimum Gasteiger partial charge on any atom is -0.481 e. The van der Waals surface area contributed by atoms with Crippen LogP contribution in [0, 0.1) is 5.92 Å². The number of carboxylic acid groups (broad SMARTS) is 1. The molecule has 0 saturated heterocycles. The van der Waals surface area contributed by atoms with E-state index in [9.17, 15) is 9.59 Å². The summed E-state index contributed by atoms with van der Waals surface area (Å²) in [4.78, 5) is 29.3. The van der Waals surface area contributed by atoms with Crippen LogP contribution in [0.4, 0.5) is 0 Å². The van der Waals surface area contributed by atoms with E-state index >= 15 is 0 Å². The predicted octanol–water partition coefficient (Wildman–Crippen LogP) is 1.65. The van der Waals surface area contributed by atoms with E-state index in [2.05, 4.69) is 22.6 Å². The molecule has 0 saturated carbocycles. The van der Waals surface area contributed by atoms with E-state index in [0.717, 1.165) is 11.0 Å². The normalized spacial score (nSPS) is 12.5. The number of rotatable bonds is 5. The number of H-pyrrole nitrogens is 1. The van der Waals surface area contributed by atoms with Gasteiger partial charge in [0.15, 0.2) is 5.12 Å². The number of benzene rings is 1. The van der Waals surface area contributed by atoms with E-state index in [1.54, 1.807) is 0 Å². The van der Waals surface area contributed by atoms with Gasteiger partial charge in [-0.05, 0) is 12.1 Å². The third kappa shape index (κ3) is 2.89. The number of fused-ring (bicyclic) bond motifs is 1. The summed E-state index contributed by atoms with van der Waals surface area (Å²) in [6.45, 7) is 0. The molecule has 0 spiro atoms. The molecule has 1 aromatic carbocycles. The maximum Gasteiger partial charge on any atom is 0.304 e. The Morgan fingerprint density at radius 3 is 2.72 bits per heavy atom. The lowest BCUT2D eigenvalue weighted by atomic mass is 10.0. The van der Waals surface area contributed by atoms with Crippen LogP contribution in [0.3, 0.4) is 0 Å². The van der Waals surface area contributed by atoms with Gasteiger partial charge in [-0.2, -0.15) is 0 Å². The van der Waals surface area contributed by atoms with Gasteiger partial charge in [-0.25, -0.2) is 4.98 Å². The molecule has 18 heavy (non-hydrogen) atoms. The van der Waals surface area contributed by atoms with E-state index in [1.165, 1.54) is 0 Å². The number of carbonyl (C=O) groups is 2. The van der Waals surface area contributed by atoms with Crippen molar-refractivity contribution in [2.24, 2.45) is 5.92 Å². The van der Waals surface area contributed by atoms with Crippen molar-refractivity contribution in [3.8, 4) is 0 Å². The number of aromatic amines is 1. The lowest BCUT2D eigenvalue weighted by Gasteiger charge is -2.07. The number of nitrogens with zero attached hydrogens (tertiary/aromatic N) is 1. The summed E-state index contributed by atoms with van der Waals surface area (Å²) in [6, 6.07) is 7.47. The Morgan fingerprint density at radius 1 is 1.39 bits per heavy atom. The van der Waals surface area contributed by atoms with Crippen molar-refractivity contribution in [2.75, 3.05) is 0 Å². The Labute approximate surface area is 109 Å². The van der Waals surface area contributed by atoms with Gasteiger partial charge in [0.05, 0.1) is 17.5 Å². The lowest BCUT2D eigenvalue weighted by molar-refractivity contribution is -0.139. The third-order valence-corrected chi connectivity index (χ3v) is 3.01. The standard InChI is InChI=1S/C12H12N2O3S/c15-11(16)6-7(12(17)18)5-10-13-8-3-1-2-4-9(8)14-10/h1-4,7H,5-6H2,(H,13,14)(H,15,16)(H,17,18). The van der Waals surface area contributed by atoms with Crippen molar-refractivity contribution in [3.05, 3.63) is 30.1 Å². The Bertz CT molecular complexity index is 561. The third-order valence-electron chi connectivity index (χ3n) is 2.65. The lowest BCUT2D eigenvalue weighted by Crippen LogP contribution is -2.17. The summed E-state index contributed by atoms with van der Waals surface area (Å²) >= 11 is 3.72. The number of hydrogen-bond acceptors (Lipinski definition) is 3. The molecule has 1 atom stereocenters. The van der Waals surface area contributed by atoms with Crippen molar-refractivity contribution in [1.29, 1.82) is 0 Å². The van der Waals surface area contributed by atoms with Gasteiger partial charge in [0.25, 0.3) is 0 Å². The summed E-state index contributed by atoms with van der Waals surface area (Å²) in [5, 5.41) is 8.30. The van der Waals surface area contributed by atoms with Gasteiger partial charge in [-0.3, -0.25) is 9.59 Å². The van der Waals surface area contributed by atoms with E-state index in [-0.39, 0.29) is 12.8 Å². The van der Waals surface area contributed by atoms with Gasteiger partial charge in [-0.15, -0.1) is 12.6 Å². The molecule has 0 radical (unpaired) electrons. The molecule has 1 heterocycles. The van der Waals surface area contributed by atoms with Gasteiger partial charge in [-0.1, -0.05) is 12.1 Å². The SMILES string of the molecule is O=C(O)CC(Cc1nc2ccccc2[nH]1)C(=O)S. The molecule has 2 aromatic rings. The molecule has 2 N–H and O–H groups in total. The second-order valence-electron chi connectivity index (χ2n) is 4.04. The first-order valence-corrected chi connectivity index (χ1v) is 5.89. The van der Waals surface area contributed by atoms with Gasteiger partial charge in [0, 0.05) is 12.3 Å². The van der Waals surface area contributed by atoms with Gasteiger partial charge < -0.3 is 10.1 Å². The molecule has 94 valence electrons. The van der Waals surface area contributed by atoms with Gasteiger partial charge in [0.1, 0.15) is 5.82 Å². The summed E-state index contributed by atoms with van der Waals surface area (Å²) in [5.41, 5.74) is 1.67. The zero-order valence-electron chi connectivity index (χ0n) is 9.46. The monoisotopic (exact) mass is 264 g/mol. The molecular formula is C12H12N2O3S. The highest BCUT2D eigenvalue weighted by atomic mass is 32.1. The average Bonchev–Trinajstić information content (AvgIpc) is 2.69. The minimum absolute atomic E-state index is 0.237. The quantitative estimate of drug-likeness (QED) is 0.717. The summed E-state index contributed by atoms with van der Waals surface area (Å²) in [7, 11) is 0. The maximum atomic E-state index is 11.3. The van der Waals surface area contributed by atoms with E-state index in [0.29, 0.717) is 5.82 Å². The maximum absolute atomic E-state index is 11.3. The highest BCUT2D eigenvalue weighted by Crippen LogP contribution is 2.17. The Morgan fingerprint density at radius 2 is 2.11 bits per heavy atom. The van der Waals surface area contributed by atoms with E-state index < -0.39 is 17.0 Å². The number of nitrogens with one attached hydrogen (secondary N) is 1. The largest absolute Gasteiger partial charge is 0.481 e. The molecule has 1 unspecified atom stereocenters. The number of aromatic nitrogens is 2. The first kappa shape index (κ1) is 12.6. The van der Waals surface area contributed by atoms with Crippen molar-refractivity contribution in [1.82, 2.24) is 9.97 Å². The molecule has 0 aliphatic rings. The van der Waals surface area contributed by atoms with E-state index in [4.69, 9.17) is 5.11 Å². The van der Waals surface area contributed by atoms with E-state index in [1.807, 2.05) is 24.3 Å². The molecule has 5 nitrogen and oxygen atoms in total. The predicted molar refractivity (Wildman–Crippen MR) is 69.5 cm³/mol. The molecular weight excluding hydrogens is 252 g/mol. The van der Waals surface area contributed by atoms with Crippen molar-refractivity contribution in [3.63, 3.8) is 0 Å². The van der Waals surface area contributed by atoms with Crippen LogP contribution in [-0.4, -0.2) is 26.2 Å². The number of para-hydroxylation sites is 2. The molecule has 0 amide bonds. The highest BCUT2D eigenvalue weighted by Gasteiger charge is 2.21. The zero-order valence-corrected chi connectivity index (χ0v) is 10.4. The minimum atomic E-state index is -1.02. The molecule has 2 rings (SSSR count). The Kier molecular flexibility index (Phi) is 3.66. The molecule has 0 fully saturated rings. The molecule has 0 aliphatic heterocycles. The second kappa shape index (κ2) is 5.22. The number of imidazole rings is 1. The Balaban J connectivity index is 2.20. The average molecular weight is 264 g/mol. The van der Waals surface area contributed by atoms with Crippen LogP contribution in [0.5, 0.6) is 0 Å². The number of carbonyl (C=O) groups excluding carboxylic acids is 1. The number of aliphatic carboxylic acids is 1. The number of carboxylic acids is 1. The fraction of sp³-hybridized carbons (Fsp3) is 0.250.